The molecule has 0 aliphatic heterocycles. The maximum atomic E-state index is 2.52. The minimum absolute atomic E-state index is 1.30. The van der Waals surface area contributed by atoms with Crippen molar-refractivity contribution < 1.29 is 0 Å². The van der Waals surface area contributed by atoms with Crippen LogP contribution in [0.3, 0.4) is 0 Å². The van der Waals surface area contributed by atoms with Crippen LogP contribution in [0, 0.1) is 0 Å². The fourth-order valence-electron chi connectivity index (χ4n) is 5.33. The molecule has 32 heavy (non-hydrogen) atoms. The van der Waals surface area contributed by atoms with E-state index in [2.05, 4.69) is 123 Å². The third-order valence-corrected chi connectivity index (χ3v) is 8.74. The fourth-order valence-corrected chi connectivity index (χ4v) is 6.93. The summed E-state index contributed by atoms with van der Waals surface area (Å²) in [4.78, 5) is 0. The van der Waals surface area contributed by atoms with Crippen LogP contribution in [-0.4, -0.2) is 8.07 Å². The Bertz CT molecular complexity index is 1470. The molecular formula is C31H26Si. The van der Waals surface area contributed by atoms with Crippen molar-refractivity contribution in [1.82, 2.24) is 0 Å². The van der Waals surface area contributed by atoms with Gasteiger partial charge in [0, 0.05) is 0 Å². The molecule has 0 saturated carbocycles. The van der Waals surface area contributed by atoms with Crippen molar-refractivity contribution >= 4 is 24.0 Å². The summed E-state index contributed by atoms with van der Waals surface area (Å²) in [7, 11) is -1.65. The van der Waals surface area contributed by atoms with Crippen LogP contribution in [0.25, 0.3) is 55.3 Å². The molecule has 0 heterocycles. The maximum Gasteiger partial charge on any atom is 0.0784 e. The number of hydrogen-bond donors (Lipinski definition) is 0. The van der Waals surface area contributed by atoms with Crippen molar-refractivity contribution in [3.05, 3.63) is 103 Å². The Balaban J connectivity index is 1.85. The molecule has 1 aliphatic carbocycles. The highest BCUT2D eigenvalue weighted by atomic mass is 28.3. The van der Waals surface area contributed by atoms with Gasteiger partial charge in [-0.3, -0.25) is 0 Å². The first-order valence-electron chi connectivity index (χ1n) is 11.4. The van der Waals surface area contributed by atoms with Gasteiger partial charge in [-0.15, -0.1) is 0 Å². The molecule has 1 heteroatoms. The van der Waals surface area contributed by atoms with E-state index in [1.165, 1.54) is 60.5 Å². The Labute approximate surface area is 191 Å². The summed E-state index contributed by atoms with van der Waals surface area (Å²) >= 11 is 0. The van der Waals surface area contributed by atoms with Gasteiger partial charge in [-0.05, 0) is 55.3 Å². The molecule has 0 nitrogen and oxygen atoms in total. The Morgan fingerprint density at radius 3 is 1.62 bits per heavy atom. The minimum atomic E-state index is -1.65. The highest BCUT2D eigenvalue weighted by molar-refractivity contribution is 6.90. The SMILES string of the molecule is C[Si](C)(C)c1cc(-c2ccccc2)c2c(c1-c1ccccc1)-c1cccc3cccc-2c13. The first kappa shape index (κ1) is 19.3. The van der Waals surface area contributed by atoms with Gasteiger partial charge >= 0.3 is 0 Å². The van der Waals surface area contributed by atoms with Gasteiger partial charge in [0.2, 0.25) is 0 Å². The third-order valence-electron chi connectivity index (χ3n) is 6.73. The Morgan fingerprint density at radius 1 is 0.469 bits per heavy atom. The Morgan fingerprint density at radius 2 is 1.03 bits per heavy atom. The molecule has 6 rings (SSSR count). The topological polar surface area (TPSA) is 0 Å². The van der Waals surface area contributed by atoms with Crippen LogP contribution in [0.1, 0.15) is 0 Å². The van der Waals surface area contributed by atoms with E-state index < -0.39 is 8.07 Å². The summed E-state index contributed by atoms with van der Waals surface area (Å²) in [6.07, 6.45) is 0. The largest absolute Gasteiger partial charge is 0.0784 e. The molecule has 0 radical (unpaired) electrons. The van der Waals surface area contributed by atoms with Gasteiger partial charge in [-0.1, -0.05) is 128 Å². The van der Waals surface area contributed by atoms with Gasteiger partial charge in [0.25, 0.3) is 0 Å². The molecule has 0 unspecified atom stereocenters. The molecule has 1 aliphatic rings. The van der Waals surface area contributed by atoms with Gasteiger partial charge in [-0.25, -0.2) is 0 Å². The molecule has 5 aromatic rings. The number of benzene rings is 5. The smallest absolute Gasteiger partial charge is 0.0656 e. The van der Waals surface area contributed by atoms with E-state index in [0.29, 0.717) is 0 Å². The normalized spacial score (nSPS) is 12.2. The van der Waals surface area contributed by atoms with Crippen molar-refractivity contribution in [3.63, 3.8) is 0 Å². The van der Waals surface area contributed by atoms with Crippen LogP contribution in [0.4, 0.5) is 0 Å². The number of fused-ring (bicyclic) bond motifs is 3. The molecule has 0 fully saturated rings. The lowest BCUT2D eigenvalue weighted by Crippen LogP contribution is -2.39. The predicted octanol–water partition coefficient (Wildman–Crippen LogP) is 8.37. The van der Waals surface area contributed by atoms with Crippen molar-refractivity contribution in [1.29, 1.82) is 0 Å². The Kier molecular flexibility index (Phi) is 4.24. The lowest BCUT2D eigenvalue weighted by atomic mass is 9.87. The maximum absolute atomic E-state index is 2.52. The first-order valence-corrected chi connectivity index (χ1v) is 14.9. The number of rotatable bonds is 3. The third kappa shape index (κ3) is 2.82. The second-order valence-corrected chi connectivity index (χ2v) is 14.8. The van der Waals surface area contributed by atoms with Crippen molar-refractivity contribution in [3.8, 4) is 44.5 Å². The van der Waals surface area contributed by atoms with E-state index in [4.69, 9.17) is 0 Å². The molecule has 154 valence electrons. The van der Waals surface area contributed by atoms with E-state index in [1.807, 2.05) is 0 Å². The summed E-state index contributed by atoms with van der Waals surface area (Å²) in [5.74, 6) is 0. The molecule has 0 spiro atoms. The fraction of sp³-hybridized carbons (Fsp3) is 0.0968. The highest BCUT2D eigenvalue weighted by Gasteiger charge is 2.32. The van der Waals surface area contributed by atoms with E-state index in [0.717, 1.165) is 0 Å². The summed E-state index contributed by atoms with van der Waals surface area (Å²) in [6, 6.07) is 38.0. The summed E-state index contributed by atoms with van der Waals surface area (Å²) in [5, 5.41) is 4.25. The zero-order valence-electron chi connectivity index (χ0n) is 18.8. The van der Waals surface area contributed by atoms with Crippen LogP contribution in [-0.2, 0) is 0 Å². The summed E-state index contributed by atoms with van der Waals surface area (Å²) < 4.78 is 0. The van der Waals surface area contributed by atoms with Crippen LogP contribution in [0.5, 0.6) is 0 Å². The molecular weight excluding hydrogens is 400 g/mol. The molecule has 5 aromatic carbocycles. The summed E-state index contributed by atoms with van der Waals surface area (Å²) in [5.41, 5.74) is 11.0. The summed E-state index contributed by atoms with van der Waals surface area (Å²) in [6.45, 7) is 7.41. The highest BCUT2D eigenvalue weighted by Crippen LogP contribution is 2.54. The van der Waals surface area contributed by atoms with Crippen LogP contribution in [0.2, 0.25) is 19.6 Å². The average molecular weight is 427 g/mol. The van der Waals surface area contributed by atoms with Gasteiger partial charge < -0.3 is 0 Å². The average Bonchev–Trinajstić information content (AvgIpc) is 3.15. The second kappa shape index (κ2) is 7.05. The molecule has 0 N–H and O–H groups in total. The predicted molar refractivity (Wildman–Crippen MR) is 142 cm³/mol. The first-order chi connectivity index (χ1) is 15.5. The zero-order valence-corrected chi connectivity index (χ0v) is 19.8. The number of hydrogen-bond acceptors (Lipinski definition) is 0. The minimum Gasteiger partial charge on any atom is -0.0656 e. The molecule has 0 atom stereocenters. The molecule has 0 aromatic heterocycles. The van der Waals surface area contributed by atoms with Crippen molar-refractivity contribution in [2.75, 3.05) is 0 Å². The van der Waals surface area contributed by atoms with E-state index in [9.17, 15) is 0 Å². The quantitative estimate of drug-likeness (QED) is 0.249. The zero-order chi connectivity index (χ0) is 21.9. The monoisotopic (exact) mass is 426 g/mol. The van der Waals surface area contributed by atoms with E-state index in [1.54, 1.807) is 0 Å². The van der Waals surface area contributed by atoms with Crippen molar-refractivity contribution in [2.24, 2.45) is 0 Å². The van der Waals surface area contributed by atoms with Gasteiger partial charge in [0.05, 0.1) is 8.07 Å². The molecule has 0 bridgehead atoms. The van der Waals surface area contributed by atoms with Crippen LogP contribution >= 0.6 is 0 Å². The van der Waals surface area contributed by atoms with Gasteiger partial charge in [-0.2, -0.15) is 0 Å². The standard InChI is InChI=1S/C31H26Si/c1-32(2,3)27-20-26(21-12-6-4-7-13-21)30-24-18-10-16-22-17-11-19-25(28(22)24)31(30)29(27)23-14-8-5-9-15-23/h4-20H,1-3H3. The van der Waals surface area contributed by atoms with Gasteiger partial charge in [0.15, 0.2) is 0 Å². The second-order valence-electron chi connectivity index (χ2n) is 9.79. The lowest BCUT2D eigenvalue weighted by molar-refractivity contribution is 1.59. The molecule has 0 amide bonds. The van der Waals surface area contributed by atoms with E-state index in [-0.39, 0.29) is 0 Å². The Hall–Kier alpha value is -3.42. The molecule has 0 saturated heterocycles. The lowest BCUT2D eigenvalue weighted by Gasteiger charge is -2.27. The van der Waals surface area contributed by atoms with Crippen molar-refractivity contribution in [2.45, 2.75) is 19.6 Å². The van der Waals surface area contributed by atoms with E-state index >= 15 is 0 Å². The van der Waals surface area contributed by atoms with Gasteiger partial charge in [0.1, 0.15) is 0 Å². The van der Waals surface area contributed by atoms with Crippen LogP contribution in [0.15, 0.2) is 103 Å². The van der Waals surface area contributed by atoms with Crippen LogP contribution < -0.4 is 5.19 Å².